The minimum Gasteiger partial charge on any atom is -0.410 e. The summed E-state index contributed by atoms with van der Waals surface area (Å²) >= 11 is 3.15. The molecule has 3 heterocycles. The van der Waals surface area contributed by atoms with Crippen LogP contribution in [0.15, 0.2) is 57.6 Å². The SMILES string of the molecule is CCc1ccc(-c2nc(CSc3nnc(-c4ccc[nH]4)o3)cs2)cc1. The van der Waals surface area contributed by atoms with Crippen molar-refractivity contribution in [2.75, 3.05) is 0 Å². The molecule has 4 rings (SSSR count). The number of H-pyrrole nitrogens is 1. The van der Waals surface area contributed by atoms with Gasteiger partial charge in [0.25, 0.3) is 11.1 Å². The topological polar surface area (TPSA) is 67.6 Å². The lowest BCUT2D eigenvalue weighted by Crippen LogP contribution is -1.83. The van der Waals surface area contributed by atoms with Crippen molar-refractivity contribution < 1.29 is 4.42 Å². The van der Waals surface area contributed by atoms with E-state index in [9.17, 15) is 0 Å². The Morgan fingerprint density at radius 2 is 2.04 bits per heavy atom. The molecule has 25 heavy (non-hydrogen) atoms. The van der Waals surface area contributed by atoms with Crippen LogP contribution in [0.1, 0.15) is 18.2 Å². The van der Waals surface area contributed by atoms with Crippen LogP contribution < -0.4 is 0 Å². The number of rotatable bonds is 6. The van der Waals surface area contributed by atoms with Crippen molar-refractivity contribution in [3.05, 3.63) is 59.2 Å². The third-order valence-corrected chi connectivity index (χ3v) is 5.53. The predicted octanol–water partition coefficient (Wildman–Crippen LogP) is 5.04. The lowest BCUT2D eigenvalue weighted by Gasteiger charge is -1.98. The molecule has 0 fully saturated rings. The van der Waals surface area contributed by atoms with Crippen molar-refractivity contribution in [3.8, 4) is 22.2 Å². The second kappa shape index (κ2) is 7.25. The van der Waals surface area contributed by atoms with Crippen LogP contribution in [0.5, 0.6) is 0 Å². The highest BCUT2D eigenvalue weighted by atomic mass is 32.2. The Morgan fingerprint density at radius 1 is 1.16 bits per heavy atom. The summed E-state index contributed by atoms with van der Waals surface area (Å²) in [6.45, 7) is 2.16. The summed E-state index contributed by atoms with van der Waals surface area (Å²) in [7, 11) is 0. The summed E-state index contributed by atoms with van der Waals surface area (Å²) < 4.78 is 5.65. The Kier molecular flexibility index (Phi) is 4.67. The van der Waals surface area contributed by atoms with Gasteiger partial charge in [-0.3, -0.25) is 0 Å². The maximum absolute atomic E-state index is 5.65. The Labute approximate surface area is 153 Å². The molecule has 0 spiro atoms. The van der Waals surface area contributed by atoms with Gasteiger partial charge in [-0.15, -0.1) is 21.5 Å². The highest BCUT2D eigenvalue weighted by molar-refractivity contribution is 7.98. The molecule has 4 aromatic rings. The van der Waals surface area contributed by atoms with Crippen molar-refractivity contribution in [2.45, 2.75) is 24.3 Å². The quantitative estimate of drug-likeness (QED) is 0.483. The first kappa shape index (κ1) is 16.1. The molecule has 0 unspecified atom stereocenters. The Balaban J connectivity index is 1.41. The largest absolute Gasteiger partial charge is 0.410 e. The van der Waals surface area contributed by atoms with Crippen LogP contribution in [-0.4, -0.2) is 20.2 Å². The van der Waals surface area contributed by atoms with Crippen molar-refractivity contribution in [1.82, 2.24) is 20.2 Å². The number of aromatic nitrogens is 4. The molecule has 0 aliphatic rings. The fourth-order valence-electron chi connectivity index (χ4n) is 2.36. The van der Waals surface area contributed by atoms with Crippen LogP contribution in [0.2, 0.25) is 0 Å². The lowest BCUT2D eigenvalue weighted by atomic mass is 10.1. The summed E-state index contributed by atoms with van der Waals surface area (Å²) in [4.78, 5) is 7.76. The van der Waals surface area contributed by atoms with Gasteiger partial charge in [0.15, 0.2) is 0 Å². The maximum Gasteiger partial charge on any atom is 0.277 e. The Bertz CT molecular complexity index is 942. The Morgan fingerprint density at radius 3 is 2.80 bits per heavy atom. The summed E-state index contributed by atoms with van der Waals surface area (Å²) in [6.07, 6.45) is 2.88. The number of nitrogens with one attached hydrogen (secondary N) is 1. The number of aryl methyl sites for hydroxylation is 1. The molecule has 3 aromatic heterocycles. The first-order valence-corrected chi connectivity index (χ1v) is 9.82. The standard InChI is InChI=1S/C18H16N4OS2/c1-2-12-5-7-13(8-6-12)17-20-14(10-24-17)11-25-18-22-21-16(23-18)15-4-3-9-19-15/h3-10,19H,2,11H2,1H3. The normalized spacial score (nSPS) is 11.1. The third-order valence-electron chi connectivity index (χ3n) is 3.74. The van der Waals surface area contributed by atoms with E-state index in [-0.39, 0.29) is 0 Å². The van der Waals surface area contributed by atoms with Crippen LogP contribution in [0.3, 0.4) is 0 Å². The van der Waals surface area contributed by atoms with E-state index >= 15 is 0 Å². The number of hydrogen-bond acceptors (Lipinski definition) is 6. The minimum atomic E-state index is 0.502. The number of aromatic amines is 1. The van der Waals surface area contributed by atoms with Crippen LogP contribution in [0.25, 0.3) is 22.2 Å². The Hall–Kier alpha value is -2.38. The number of thiazole rings is 1. The third kappa shape index (κ3) is 3.67. The van der Waals surface area contributed by atoms with Crippen LogP contribution in [-0.2, 0) is 12.2 Å². The average molecular weight is 368 g/mol. The zero-order valence-electron chi connectivity index (χ0n) is 13.6. The van der Waals surface area contributed by atoms with Gasteiger partial charge in [-0.1, -0.05) is 43.0 Å². The number of benzene rings is 1. The highest BCUT2D eigenvalue weighted by Crippen LogP contribution is 2.28. The molecule has 0 atom stereocenters. The average Bonchev–Trinajstić information content (AvgIpc) is 3.41. The van der Waals surface area contributed by atoms with E-state index in [4.69, 9.17) is 9.40 Å². The van der Waals surface area contributed by atoms with E-state index in [0.717, 1.165) is 28.4 Å². The minimum absolute atomic E-state index is 0.502. The van der Waals surface area contributed by atoms with Crippen molar-refractivity contribution >= 4 is 23.1 Å². The van der Waals surface area contributed by atoms with Gasteiger partial charge in [0.1, 0.15) is 10.7 Å². The maximum atomic E-state index is 5.65. The molecule has 0 saturated carbocycles. The highest BCUT2D eigenvalue weighted by Gasteiger charge is 2.11. The number of nitrogens with zero attached hydrogens (tertiary/aromatic N) is 3. The molecule has 0 amide bonds. The lowest BCUT2D eigenvalue weighted by molar-refractivity contribution is 0.464. The summed E-state index contributed by atoms with van der Waals surface area (Å²) in [5.74, 6) is 1.21. The molecule has 0 bridgehead atoms. The molecule has 0 radical (unpaired) electrons. The smallest absolute Gasteiger partial charge is 0.277 e. The second-order valence-electron chi connectivity index (χ2n) is 5.44. The van der Waals surface area contributed by atoms with E-state index in [1.165, 1.54) is 17.3 Å². The van der Waals surface area contributed by atoms with Crippen LogP contribution >= 0.6 is 23.1 Å². The fourth-order valence-corrected chi connectivity index (χ4v) is 3.95. The van der Waals surface area contributed by atoms with Gasteiger partial charge in [0, 0.05) is 22.9 Å². The first-order valence-electron chi connectivity index (χ1n) is 7.95. The molecule has 1 aromatic carbocycles. The molecular formula is C18H16N4OS2. The number of thioether (sulfide) groups is 1. The van der Waals surface area contributed by atoms with E-state index < -0.39 is 0 Å². The summed E-state index contributed by atoms with van der Waals surface area (Å²) in [5.41, 5.74) is 4.34. The van der Waals surface area contributed by atoms with Gasteiger partial charge >= 0.3 is 0 Å². The van der Waals surface area contributed by atoms with Crippen LogP contribution in [0, 0.1) is 0 Å². The fraction of sp³-hybridized carbons (Fsp3) is 0.167. The van der Waals surface area contributed by atoms with Crippen molar-refractivity contribution in [1.29, 1.82) is 0 Å². The van der Waals surface area contributed by atoms with E-state index in [0.29, 0.717) is 16.9 Å². The predicted molar refractivity (Wildman–Crippen MR) is 101 cm³/mol. The zero-order chi connectivity index (χ0) is 17.1. The molecule has 1 N–H and O–H groups in total. The first-order chi connectivity index (χ1) is 12.3. The summed E-state index contributed by atoms with van der Waals surface area (Å²) in [6, 6.07) is 12.4. The molecule has 0 aliphatic heterocycles. The molecule has 126 valence electrons. The molecule has 0 aliphatic carbocycles. The molecule has 0 saturated heterocycles. The summed E-state index contributed by atoms with van der Waals surface area (Å²) in [5, 5.41) is 11.8. The zero-order valence-corrected chi connectivity index (χ0v) is 15.2. The van der Waals surface area contributed by atoms with Gasteiger partial charge in [-0.05, 0) is 24.1 Å². The second-order valence-corrected chi connectivity index (χ2v) is 7.22. The van der Waals surface area contributed by atoms with E-state index in [1.807, 2.05) is 18.3 Å². The van der Waals surface area contributed by atoms with Gasteiger partial charge < -0.3 is 9.40 Å². The van der Waals surface area contributed by atoms with Gasteiger partial charge in [-0.25, -0.2) is 4.98 Å². The van der Waals surface area contributed by atoms with Crippen molar-refractivity contribution in [2.24, 2.45) is 0 Å². The molecular weight excluding hydrogens is 352 g/mol. The van der Waals surface area contributed by atoms with Gasteiger partial charge in [-0.2, -0.15) is 0 Å². The van der Waals surface area contributed by atoms with Crippen LogP contribution in [0.4, 0.5) is 0 Å². The van der Waals surface area contributed by atoms with Crippen molar-refractivity contribution in [3.63, 3.8) is 0 Å². The van der Waals surface area contributed by atoms with Gasteiger partial charge in [0.2, 0.25) is 0 Å². The van der Waals surface area contributed by atoms with E-state index in [2.05, 4.69) is 51.8 Å². The number of hydrogen-bond donors (Lipinski definition) is 1. The van der Waals surface area contributed by atoms with E-state index in [1.54, 1.807) is 11.3 Å². The van der Waals surface area contributed by atoms with Gasteiger partial charge in [0.05, 0.1) is 5.69 Å². The molecule has 7 heteroatoms. The monoisotopic (exact) mass is 368 g/mol. The molecule has 5 nitrogen and oxygen atoms in total.